The number of azide groups is 1. The number of rotatable bonds is 15. The summed E-state index contributed by atoms with van der Waals surface area (Å²) in [6.45, 7) is 11.9. The Morgan fingerprint density at radius 1 is 0.679 bits per heavy atom. The fourth-order valence-electron chi connectivity index (χ4n) is 8.02. The fraction of sp³-hybridized carbons (Fsp3) is 0.581. The van der Waals surface area contributed by atoms with Crippen molar-refractivity contribution < 1.29 is 47.4 Å². The van der Waals surface area contributed by atoms with Crippen LogP contribution in [0.4, 0.5) is 0 Å². The maximum atomic E-state index is 9.47. The lowest BCUT2D eigenvalue weighted by atomic mass is 9.89. The maximum Gasteiger partial charge on any atom is 0.187 e. The molecule has 7 rings (SSSR count). The molecule has 8 unspecified atom stereocenters. The van der Waals surface area contributed by atoms with Gasteiger partial charge in [0.15, 0.2) is 18.4 Å². The molecule has 0 aromatic heterocycles. The highest BCUT2D eigenvalue weighted by molar-refractivity contribution is 5.15. The molecule has 13 heteroatoms. The molecular formula is C43H55N3O10. The van der Waals surface area contributed by atoms with Crippen molar-refractivity contribution in [1.82, 2.24) is 0 Å². The average Bonchev–Trinajstić information content (AvgIpc) is 3.54. The van der Waals surface area contributed by atoms with Gasteiger partial charge in [0.05, 0.1) is 70.1 Å². The van der Waals surface area contributed by atoms with Gasteiger partial charge >= 0.3 is 0 Å². The summed E-state index contributed by atoms with van der Waals surface area (Å²) >= 11 is 0. The predicted octanol–water partition coefficient (Wildman–Crippen LogP) is 7.12. The van der Waals surface area contributed by atoms with Crippen LogP contribution in [0.2, 0.25) is 0 Å². The molecule has 0 spiro atoms. The molecule has 0 amide bonds. The lowest BCUT2D eigenvalue weighted by molar-refractivity contribution is -0.337. The summed E-state index contributed by atoms with van der Waals surface area (Å²) in [5.41, 5.74) is 12.7. The molecule has 4 heterocycles. The third-order valence-corrected chi connectivity index (χ3v) is 11.1. The van der Waals surface area contributed by atoms with Crippen LogP contribution in [0.5, 0.6) is 0 Å². The van der Waals surface area contributed by atoms with Gasteiger partial charge in [-0.25, -0.2) is 0 Å². The first-order valence-electron chi connectivity index (χ1n) is 19.7. The zero-order chi connectivity index (χ0) is 39.1. The normalized spacial score (nSPS) is 35.3. The van der Waals surface area contributed by atoms with E-state index in [1.807, 2.05) is 119 Å². The first-order valence-corrected chi connectivity index (χ1v) is 19.7. The van der Waals surface area contributed by atoms with E-state index in [0.29, 0.717) is 19.8 Å². The van der Waals surface area contributed by atoms with Crippen molar-refractivity contribution in [1.29, 1.82) is 0 Å². The zero-order valence-corrected chi connectivity index (χ0v) is 32.8. The summed E-state index contributed by atoms with van der Waals surface area (Å²) in [6, 6.07) is 29.6. The van der Waals surface area contributed by atoms with Crippen LogP contribution >= 0.6 is 0 Å². The van der Waals surface area contributed by atoms with Crippen molar-refractivity contribution in [3.8, 4) is 0 Å². The summed E-state index contributed by atoms with van der Waals surface area (Å²) in [5, 5.41) is 4.12. The van der Waals surface area contributed by atoms with Gasteiger partial charge in [-0.2, -0.15) is 0 Å². The van der Waals surface area contributed by atoms with Gasteiger partial charge in [0, 0.05) is 10.8 Å². The van der Waals surface area contributed by atoms with Gasteiger partial charge in [-0.3, -0.25) is 0 Å². The Bertz CT molecular complexity index is 1700. The molecule has 0 N–H and O–H groups in total. The van der Waals surface area contributed by atoms with Crippen molar-refractivity contribution in [3.05, 3.63) is 118 Å². The van der Waals surface area contributed by atoms with E-state index in [-0.39, 0.29) is 43.9 Å². The number of ether oxygens (including phenoxy) is 10. The molecule has 4 aliphatic rings. The molecule has 0 aliphatic carbocycles. The van der Waals surface area contributed by atoms with Crippen molar-refractivity contribution >= 4 is 0 Å². The van der Waals surface area contributed by atoms with Crippen LogP contribution in [0.3, 0.4) is 0 Å². The lowest BCUT2D eigenvalue weighted by Crippen LogP contribution is -2.61. The third kappa shape index (κ3) is 9.98. The van der Waals surface area contributed by atoms with Crippen molar-refractivity contribution in [2.45, 2.75) is 128 Å². The standard InChI is InChI=1S/C43H55N3O10/c1-27-33(25-49-34(36(27)45-46-44)24-47-21-30-15-9-6-10-16-30)53-42-40-39(55-43(4,5)56-40)38(29(3)52-42)54-41-28(2)37(50-23-32-19-13-8-14-20-32)35(26-51-41)48-22-31-17-11-7-12-18-31/h6-20,27-29,33-42H,21-26H2,1-5H3/t27?,28?,29?,33?,34?,35-,36-,37?,38+,39?,40?,41+,42+/m1/s1. The van der Waals surface area contributed by atoms with E-state index in [1.165, 1.54) is 0 Å². The second-order valence-electron chi connectivity index (χ2n) is 15.6. The molecule has 0 radical (unpaired) electrons. The van der Waals surface area contributed by atoms with Crippen molar-refractivity contribution in [2.24, 2.45) is 17.0 Å². The highest BCUT2D eigenvalue weighted by Gasteiger charge is 2.57. The SMILES string of the molecule is CC1C(OCc2ccccc2)[C@H](OCc2ccccc2)CO[C@H]1O[C@H]1C(C)O[C@@H](OC2COC(COCc3ccccc3)[C@H](N=[N+]=[N-])C2C)C2OC(C)(C)OC21. The molecule has 3 aromatic rings. The number of hydrogen-bond acceptors (Lipinski definition) is 11. The minimum atomic E-state index is -0.924. The summed E-state index contributed by atoms with van der Waals surface area (Å²) < 4.78 is 64.6. The largest absolute Gasteiger partial charge is 0.374 e. The highest BCUT2D eigenvalue weighted by Crippen LogP contribution is 2.42. The molecule has 0 bridgehead atoms. The summed E-state index contributed by atoms with van der Waals surface area (Å²) in [4.78, 5) is 3.14. The Morgan fingerprint density at radius 2 is 1.27 bits per heavy atom. The molecule has 0 saturated carbocycles. The number of fused-ring (bicyclic) bond motifs is 1. The van der Waals surface area contributed by atoms with Crippen LogP contribution in [-0.2, 0) is 67.2 Å². The number of benzene rings is 3. The summed E-state index contributed by atoms with van der Waals surface area (Å²) in [5.74, 6) is -1.33. The zero-order valence-electron chi connectivity index (χ0n) is 32.8. The predicted molar refractivity (Wildman–Crippen MR) is 205 cm³/mol. The van der Waals surface area contributed by atoms with Gasteiger partial charge in [-0.15, -0.1) is 0 Å². The highest BCUT2D eigenvalue weighted by atomic mass is 16.8. The third-order valence-electron chi connectivity index (χ3n) is 11.1. The molecule has 13 nitrogen and oxygen atoms in total. The lowest BCUT2D eigenvalue weighted by Gasteiger charge is -2.47. The Morgan fingerprint density at radius 3 is 1.91 bits per heavy atom. The Balaban J connectivity index is 1.00. The first kappa shape index (κ1) is 40.8. The van der Waals surface area contributed by atoms with Gasteiger partial charge in [-0.1, -0.05) is 110 Å². The van der Waals surface area contributed by atoms with Crippen LogP contribution in [-0.4, -0.2) is 93.1 Å². The molecular weight excluding hydrogens is 718 g/mol. The van der Waals surface area contributed by atoms with Gasteiger partial charge in [0.25, 0.3) is 0 Å². The van der Waals surface area contributed by atoms with E-state index in [4.69, 9.17) is 47.4 Å². The topological polar surface area (TPSA) is 141 Å². The van der Waals surface area contributed by atoms with Crippen LogP contribution < -0.4 is 0 Å². The minimum absolute atomic E-state index is 0.201. The quantitative estimate of drug-likeness (QED) is 0.0891. The minimum Gasteiger partial charge on any atom is -0.374 e. The van der Waals surface area contributed by atoms with E-state index in [1.54, 1.807) is 0 Å². The van der Waals surface area contributed by atoms with E-state index in [0.717, 1.165) is 16.7 Å². The Hall–Kier alpha value is -3.43. The molecule has 4 saturated heterocycles. The van der Waals surface area contributed by atoms with Crippen LogP contribution in [0.1, 0.15) is 51.3 Å². The number of hydrogen-bond donors (Lipinski definition) is 0. The molecule has 3 aromatic carbocycles. The Labute approximate surface area is 329 Å². The smallest absolute Gasteiger partial charge is 0.187 e. The van der Waals surface area contributed by atoms with Crippen molar-refractivity contribution in [2.75, 3.05) is 19.8 Å². The number of nitrogens with zero attached hydrogens (tertiary/aromatic N) is 3. The molecule has 13 atom stereocenters. The van der Waals surface area contributed by atoms with Gasteiger partial charge in [0.1, 0.15) is 24.4 Å². The maximum absolute atomic E-state index is 9.47. The average molecular weight is 774 g/mol. The fourth-order valence-corrected chi connectivity index (χ4v) is 8.02. The second kappa shape index (κ2) is 18.9. The van der Waals surface area contributed by atoms with Gasteiger partial charge in [0.2, 0.25) is 0 Å². The summed E-state index contributed by atoms with van der Waals surface area (Å²) in [6.07, 6.45) is -5.09. The molecule has 4 aliphatic heterocycles. The second-order valence-corrected chi connectivity index (χ2v) is 15.6. The van der Waals surface area contributed by atoms with Gasteiger partial charge < -0.3 is 47.4 Å². The van der Waals surface area contributed by atoms with E-state index >= 15 is 0 Å². The van der Waals surface area contributed by atoms with Crippen molar-refractivity contribution in [3.63, 3.8) is 0 Å². The van der Waals surface area contributed by atoms with Crippen LogP contribution in [0, 0.1) is 11.8 Å². The van der Waals surface area contributed by atoms with E-state index in [9.17, 15) is 5.53 Å². The molecule has 56 heavy (non-hydrogen) atoms. The molecule has 4 fully saturated rings. The Kier molecular flexibility index (Phi) is 13.7. The van der Waals surface area contributed by atoms with Gasteiger partial charge in [-0.05, 0) is 48.9 Å². The summed E-state index contributed by atoms with van der Waals surface area (Å²) in [7, 11) is 0. The monoisotopic (exact) mass is 773 g/mol. The van der Waals surface area contributed by atoms with E-state index < -0.39 is 61.0 Å². The first-order chi connectivity index (χ1) is 27.2. The molecule has 302 valence electrons. The van der Waals surface area contributed by atoms with Crippen LogP contribution in [0.15, 0.2) is 96.1 Å². The van der Waals surface area contributed by atoms with Crippen LogP contribution in [0.25, 0.3) is 10.4 Å². The van der Waals surface area contributed by atoms with E-state index in [2.05, 4.69) is 16.9 Å².